The molecule has 0 bridgehead atoms. The van der Waals surface area contributed by atoms with Crippen LogP contribution in [0, 0.1) is 12.7 Å². The molecule has 34 heavy (non-hydrogen) atoms. The second-order valence-electron chi connectivity index (χ2n) is 8.06. The average molecular weight is 486 g/mol. The van der Waals surface area contributed by atoms with Crippen LogP contribution < -0.4 is 15.4 Å². The standard InChI is InChI=1S/C24H28FN5O3S/c1-15(2)19-10-5-16(3)11-20(19)33-13-22(31)26-12-21-28-29-24(30(21)4)34-14-23(32)27-18-8-6-17(25)7-9-18/h5-11,15H,12-14H2,1-4H3,(H,26,31)(H,27,32). The molecule has 0 unspecified atom stereocenters. The van der Waals surface area contributed by atoms with Gasteiger partial charge in [0, 0.05) is 12.7 Å². The fraction of sp³-hybridized carbons (Fsp3) is 0.333. The highest BCUT2D eigenvalue weighted by atomic mass is 32.2. The molecule has 2 N–H and O–H groups in total. The van der Waals surface area contributed by atoms with E-state index >= 15 is 0 Å². The zero-order valence-electron chi connectivity index (χ0n) is 19.6. The lowest BCUT2D eigenvalue weighted by atomic mass is 10.0. The van der Waals surface area contributed by atoms with Crippen molar-refractivity contribution in [3.63, 3.8) is 0 Å². The minimum atomic E-state index is -0.367. The summed E-state index contributed by atoms with van der Waals surface area (Å²) in [5.41, 5.74) is 2.63. The van der Waals surface area contributed by atoms with Gasteiger partial charge in [0.15, 0.2) is 17.6 Å². The summed E-state index contributed by atoms with van der Waals surface area (Å²) >= 11 is 1.21. The molecule has 1 aromatic heterocycles. The molecular formula is C24H28FN5O3S. The normalized spacial score (nSPS) is 10.9. The van der Waals surface area contributed by atoms with Crippen molar-refractivity contribution in [3.05, 3.63) is 65.2 Å². The van der Waals surface area contributed by atoms with Crippen LogP contribution in [0.5, 0.6) is 5.75 Å². The van der Waals surface area contributed by atoms with Crippen LogP contribution in [0.15, 0.2) is 47.6 Å². The summed E-state index contributed by atoms with van der Waals surface area (Å²) in [4.78, 5) is 24.4. The molecule has 0 saturated carbocycles. The monoisotopic (exact) mass is 485 g/mol. The average Bonchev–Trinajstić information content (AvgIpc) is 3.15. The zero-order valence-corrected chi connectivity index (χ0v) is 20.4. The Balaban J connectivity index is 1.47. The SMILES string of the molecule is Cc1ccc(C(C)C)c(OCC(=O)NCc2nnc(SCC(=O)Nc3ccc(F)cc3)n2C)c1. The Labute approximate surface area is 202 Å². The summed E-state index contributed by atoms with van der Waals surface area (Å²) in [7, 11) is 1.76. The molecule has 2 aromatic carbocycles. The van der Waals surface area contributed by atoms with Crippen LogP contribution in [0.2, 0.25) is 0 Å². The highest BCUT2D eigenvalue weighted by molar-refractivity contribution is 7.99. The summed E-state index contributed by atoms with van der Waals surface area (Å²) < 4.78 is 20.4. The molecule has 180 valence electrons. The van der Waals surface area contributed by atoms with Crippen molar-refractivity contribution in [2.24, 2.45) is 7.05 Å². The number of thioether (sulfide) groups is 1. The molecule has 0 aliphatic carbocycles. The van der Waals surface area contributed by atoms with Gasteiger partial charge in [-0.15, -0.1) is 10.2 Å². The van der Waals surface area contributed by atoms with Crippen molar-refractivity contribution in [2.75, 3.05) is 17.7 Å². The highest BCUT2D eigenvalue weighted by Crippen LogP contribution is 2.27. The van der Waals surface area contributed by atoms with E-state index in [1.807, 2.05) is 25.1 Å². The minimum absolute atomic E-state index is 0.105. The molecule has 8 nitrogen and oxygen atoms in total. The Morgan fingerprint density at radius 3 is 2.56 bits per heavy atom. The molecule has 3 aromatic rings. The Morgan fingerprint density at radius 1 is 1.12 bits per heavy atom. The summed E-state index contributed by atoms with van der Waals surface area (Å²) in [6.07, 6.45) is 0. The van der Waals surface area contributed by atoms with Gasteiger partial charge in [-0.05, 0) is 54.3 Å². The first-order valence-corrected chi connectivity index (χ1v) is 11.8. The third kappa shape index (κ3) is 7.05. The van der Waals surface area contributed by atoms with Crippen molar-refractivity contribution < 1.29 is 18.7 Å². The fourth-order valence-electron chi connectivity index (χ4n) is 3.10. The predicted octanol–water partition coefficient (Wildman–Crippen LogP) is 3.81. The number of halogens is 1. The van der Waals surface area contributed by atoms with Gasteiger partial charge in [0.2, 0.25) is 5.91 Å². The van der Waals surface area contributed by atoms with Gasteiger partial charge in [0.05, 0.1) is 12.3 Å². The third-order valence-electron chi connectivity index (χ3n) is 4.98. The van der Waals surface area contributed by atoms with Crippen LogP contribution in [0.3, 0.4) is 0 Å². The van der Waals surface area contributed by atoms with Gasteiger partial charge in [0.25, 0.3) is 5.91 Å². The predicted molar refractivity (Wildman–Crippen MR) is 129 cm³/mol. The molecule has 10 heteroatoms. The lowest BCUT2D eigenvalue weighted by Gasteiger charge is -2.14. The number of aryl methyl sites for hydroxylation is 1. The number of anilines is 1. The Bertz CT molecular complexity index is 1150. The van der Waals surface area contributed by atoms with Gasteiger partial charge in [-0.2, -0.15) is 0 Å². The molecule has 2 amide bonds. The molecule has 0 fully saturated rings. The first kappa shape index (κ1) is 25.2. The molecule has 3 rings (SSSR count). The molecule has 1 heterocycles. The number of benzene rings is 2. The number of hydrogen-bond donors (Lipinski definition) is 2. The maximum atomic E-state index is 13.0. The van der Waals surface area contributed by atoms with E-state index in [0.717, 1.165) is 11.1 Å². The van der Waals surface area contributed by atoms with Crippen LogP contribution in [-0.2, 0) is 23.2 Å². The van der Waals surface area contributed by atoms with Crippen LogP contribution in [0.1, 0.15) is 36.7 Å². The van der Waals surface area contributed by atoms with E-state index in [1.165, 1.54) is 36.0 Å². The maximum Gasteiger partial charge on any atom is 0.258 e. The lowest BCUT2D eigenvalue weighted by molar-refractivity contribution is -0.123. The molecule has 0 radical (unpaired) electrons. The van der Waals surface area contributed by atoms with E-state index in [9.17, 15) is 14.0 Å². The third-order valence-corrected chi connectivity index (χ3v) is 6.00. The number of carbonyl (C=O) groups excluding carboxylic acids is 2. The van der Waals surface area contributed by atoms with E-state index in [2.05, 4.69) is 34.7 Å². The number of carbonyl (C=O) groups is 2. The fourth-order valence-corrected chi connectivity index (χ4v) is 3.83. The minimum Gasteiger partial charge on any atom is -0.483 e. The first-order chi connectivity index (χ1) is 16.2. The quantitative estimate of drug-likeness (QED) is 0.424. The van der Waals surface area contributed by atoms with Gasteiger partial charge < -0.3 is 19.9 Å². The van der Waals surface area contributed by atoms with Gasteiger partial charge in [-0.3, -0.25) is 9.59 Å². The number of rotatable bonds is 10. The number of ether oxygens (including phenoxy) is 1. The summed E-state index contributed by atoms with van der Waals surface area (Å²) in [6, 6.07) is 11.5. The largest absolute Gasteiger partial charge is 0.483 e. The number of aromatic nitrogens is 3. The molecule has 0 aliphatic rings. The van der Waals surface area contributed by atoms with Crippen LogP contribution >= 0.6 is 11.8 Å². The topological polar surface area (TPSA) is 98.1 Å². The number of nitrogens with zero attached hydrogens (tertiary/aromatic N) is 3. The van der Waals surface area contributed by atoms with E-state index < -0.39 is 0 Å². The van der Waals surface area contributed by atoms with Crippen molar-refractivity contribution >= 4 is 29.3 Å². The Hall–Kier alpha value is -3.40. The van der Waals surface area contributed by atoms with Gasteiger partial charge >= 0.3 is 0 Å². The Kier molecular flexibility index (Phi) is 8.64. The van der Waals surface area contributed by atoms with Crippen LogP contribution in [0.25, 0.3) is 0 Å². The zero-order chi connectivity index (χ0) is 24.7. The second-order valence-corrected chi connectivity index (χ2v) is 9.01. The number of nitrogens with one attached hydrogen (secondary N) is 2. The van der Waals surface area contributed by atoms with Crippen molar-refractivity contribution in [3.8, 4) is 5.75 Å². The van der Waals surface area contributed by atoms with Gasteiger partial charge in [-0.1, -0.05) is 37.7 Å². The number of hydrogen-bond acceptors (Lipinski definition) is 6. The van der Waals surface area contributed by atoms with Gasteiger partial charge in [-0.25, -0.2) is 4.39 Å². The maximum absolute atomic E-state index is 13.0. The highest BCUT2D eigenvalue weighted by Gasteiger charge is 2.14. The lowest BCUT2D eigenvalue weighted by Crippen LogP contribution is -2.29. The molecule has 0 aliphatic heterocycles. The van der Waals surface area contributed by atoms with Crippen LogP contribution in [-0.4, -0.2) is 38.9 Å². The molecule has 0 atom stereocenters. The smallest absolute Gasteiger partial charge is 0.258 e. The van der Waals surface area contributed by atoms with E-state index in [1.54, 1.807) is 11.6 Å². The van der Waals surface area contributed by atoms with Crippen LogP contribution in [0.4, 0.5) is 10.1 Å². The van der Waals surface area contributed by atoms with E-state index in [-0.39, 0.29) is 42.5 Å². The van der Waals surface area contributed by atoms with Crippen molar-refractivity contribution in [1.29, 1.82) is 0 Å². The summed E-state index contributed by atoms with van der Waals surface area (Å²) in [5, 5.41) is 14.2. The summed E-state index contributed by atoms with van der Waals surface area (Å²) in [5.74, 6) is 0.766. The number of amides is 2. The Morgan fingerprint density at radius 2 is 1.85 bits per heavy atom. The van der Waals surface area contributed by atoms with Crippen molar-refractivity contribution in [1.82, 2.24) is 20.1 Å². The van der Waals surface area contributed by atoms with E-state index in [4.69, 9.17) is 4.74 Å². The van der Waals surface area contributed by atoms with Gasteiger partial charge in [0.1, 0.15) is 11.6 Å². The summed E-state index contributed by atoms with van der Waals surface area (Å²) in [6.45, 7) is 6.21. The van der Waals surface area contributed by atoms with E-state index in [0.29, 0.717) is 22.4 Å². The molecule has 0 spiro atoms. The first-order valence-electron chi connectivity index (χ1n) is 10.8. The second kappa shape index (κ2) is 11.6. The van der Waals surface area contributed by atoms with Crippen molar-refractivity contribution in [2.45, 2.75) is 38.4 Å². The molecule has 0 saturated heterocycles. The molecular weight excluding hydrogens is 457 g/mol.